The molecule has 0 aliphatic heterocycles. The average Bonchev–Trinajstić information content (AvgIpc) is 2.71. The van der Waals surface area contributed by atoms with E-state index in [9.17, 15) is 18.4 Å². The minimum atomic E-state index is -1.06. The van der Waals surface area contributed by atoms with Crippen LogP contribution < -0.4 is 10.6 Å². The van der Waals surface area contributed by atoms with Crippen molar-refractivity contribution in [2.24, 2.45) is 0 Å². The van der Waals surface area contributed by atoms with Crippen LogP contribution in [-0.2, 0) is 4.74 Å². The Morgan fingerprint density at radius 2 is 1.79 bits per heavy atom. The highest BCUT2D eigenvalue weighted by Gasteiger charge is 2.13. The molecular weight excluding hydrogens is 368 g/mol. The summed E-state index contributed by atoms with van der Waals surface area (Å²) < 4.78 is 31.0. The number of para-hydroxylation sites is 1. The van der Waals surface area contributed by atoms with Gasteiger partial charge in [-0.15, -0.1) is 0 Å². The molecule has 0 aliphatic carbocycles. The van der Waals surface area contributed by atoms with Gasteiger partial charge in [-0.25, -0.2) is 18.6 Å². The number of carbonyl (C=O) groups is 2. The first-order valence-corrected chi connectivity index (χ1v) is 8.15. The van der Waals surface area contributed by atoms with E-state index in [1.807, 2.05) is 0 Å². The summed E-state index contributed by atoms with van der Waals surface area (Å²) in [6.45, 7) is 0. The molecule has 8 heteroatoms. The van der Waals surface area contributed by atoms with Crippen LogP contribution in [-0.4, -0.2) is 24.0 Å². The number of hydrogen-bond acceptors (Lipinski definition) is 5. The Bertz CT molecular complexity index is 1040. The Hall–Kier alpha value is -3.81. The van der Waals surface area contributed by atoms with E-state index in [1.54, 1.807) is 24.3 Å². The van der Waals surface area contributed by atoms with Crippen LogP contribution in [0.1, 0.15) is 20.7 Å². The predicted octanol–water partition coefficient (Wildman–Crippen LogP) is 4.14. The number of benzene rings is 2. The zero-order valence-corrected chi connectivity index (χ0v) is 14.7. The van der Waals surface area contributed by atoms with Gasteiger partial charge in [-0.05, 0) is 36.4 Å². The first kappa shape index (κ1) is 19.0. The van der Waals surface area contributed by atoms with Crippen molar-refractivity contribution in [3.63, 3.8) is 0 Å². The number of nitrogens with one attached hydrogen (secondary N) is 2. The van der Waals surface area contributed by atoms with E-state index in [2.05, 4.69) is 15.6 Å². The number of rotatable bonds is 5. The van der Waals surface area contributed by atoms with E-state index in [0.29, 0.717) is 17.1 Å². The summed E-state index contributed by atoms with van der Waals surface area (Å²) >= 11 is 0. The van der Waals surface area contributed by atoms with Crippen molar-refractivity contribution >= 4 is 29.1 Å². The fourth-order valence-electron chi connectivity index (χ4n) is 2.44. The van der Waals surface area contributed by atoms with Gasteiger partial charge < -0.3 is 15.4 Å². The molecule has 0 bridgehead atoms. The Morgan fingerprint density at radius 3 is 2.54 bits per heavy atom. The molecule has 2 aromatic carbocycles. The smallest absolute Gasteiger partial charge is 0.339 e. The summed E-state index contributed by atoms with van der Waals surface area (Å²) in [7, 11) is 1.28. The van der Waals surface area contributed by atoms with Gasteiger partial charge >= 0.3 is 5.97 Å². The molecule has 1 aromatic heterocycles. The number of halogens is 2. The zero-order valence-electron chi connectivity index (χ0n) is 14.7. The quantitative estimate of drug-likeness (QED) is 0.647. The lowest BCUT2D eigenvalue weighted by Crippen LogP contribution is -2.13. The van der Waals surface area contributed by atoms with Gasteiger partial charge in [0.25, 0.3) is 5.91 Å². The number of nitrogens with zero attached hydrogens (tertiary/aromatic N) is 1. The summed E-state index contributed by atoms with van der Waals surface area (Å²) in [5.74, 6) is -2.80. The molecule has 0 unspecified atom stereocenters. The molecule has 3 aromatic rings. The van der Waals surface area contributed by atoms with E-state index in [0.717, 1.165) is 12.1 Å². The van der Waals surface area contributed by atoms with Gasteiger partial charge in [0.05, 0.1) is 18.4 Å². The molecule has 1 amide bonds. The van der Waals surface area contributed by atoms with Crippen molar-refractivity contribution in [3.05, 3.63) is 83.6 Å². The molecule has 0 saturated carbocycles. The van der Waals surface area contributed by atoms with Crippen molar-refractivity contribution in [3.8, 4) is 0 Å². The highest BCUT2D eigenvalue weighted by atomic mass is 19.2. The Kier molecular flexibility index (Phi) is 5.59. The molecule has 3 rings (SSSR count). The highest BCUT2D eigenvalue weighted by Crippen LogP contribution is 2.21. The lowest BCUT2D eigenvalue weighted by molar-refractivity contribution is 0.0601. The van der Waals surface area contributed by atoms with Crippen LogP contribution in [0.3, 0.4) is 0 Å². The number of aromatic nitrogens is 1. The SMILES string of the molecule is COC(=O)c1ccccc1Nc1cc(C(=O)Nc2ccc(F)c(F)c2)ccn1. The number of amides is 1. The molecule has 0 spiro atoms. The number of esters is 1. The minimum Gasteiger partial charge on any atom is -0.465 e. The summed E-state index contributed by atoms with van der Waals surface area (Å²) in [4.78, 5) is 28.4. The van der Waals surface area contributed by atoms with Gasteiger partial charge in [-0.1, -0.05) is 12.1 Å². The zero-order chi connectivity index (χ0) is 20.1. The number of ether oxygens (including phenoxy) is 1. The predicted molar refractivity (Wildman–Crippen MR) is 99.6 cm³/mol. The summed E-state index contributed by atoms with van der Waals surface area (Å²) in [6.07, 6.45) is 1.41. The van der Waals surface area contributed by atoms with Crippen molar-refractivity contribution in [2.45, 2.75) is 0 Å². The fourth-order valence-corrected chi connectivity index (χ4v) is 2.44. The number of carbonyl (C=O) groups excluding carboxylic acids is 2. The normalized spacial score (nSPS) is 10.2. The third kappa shape index (κ3) is 4.29. The molecule has 6 nitrogen and oxygen atoms in total. The first-order valence-electron chi connectivity index (χ1n) is 8.15. The van der Waals surface area contributed by atoms with Gasteiger partial charge in [0.15, 0.2) is 11.6 Å². The lowest BCUT2D eigenvalue weighted by Gasteiger charge is -2.11. The van der Waals surface area contributed by atoms with Gasteiger partial charge in [0.2, 0.25) is 0 Å². The number of methoxy groups -OCH3 is 1. The molecule has 0 atom stereocenters. The van der Waals surface area contributed by atoms with Crippen molar-refractivity contribution < 1.29 is 23.1 Å². The van der Waals surface area contributed by atoms with Crippen LogP contribution in [0, 0.1) is 11.6 Å². The molecule has 2 N–H and O–H groups in total. The monoisotopic (exact) mass is 383 g/mol. The average molecular weight is 383 g/mol. The lowest BCUT2D eigenvalue weighted by atomic mass is 10.1. The molecule has 0 saturated heterocycles. The van der Waals surface area contributed by atoms with Crippen LogP contribution in [0.4, 0.5) is 26.0 Å². The second-order valence-corrected chi connectivity index (χ2v) is 5.67. The van der Waals surface area contributed by atoms with Gasteiger partial charge in [0.1, 0.15) is 5.82 Å². The van der Waals surface area contributed by atoms with E-state index in [1.165, 1.54) is 31.5 Å². The maximum Gasteiger partial charge on any atom is 0.339 e. The number of hydrogen-bond donors (Lipinski definition) is 2. The molecule has 0 radical (unpaired) electrons. The van der Waals surface area contributed by atoms with Crippen molar-refractivity contribution in [2.75, 3.05) is 17.7 Å². The van der Waals surface area contributed by atoms with Crippen LogP contribution in [0.2, 0.25) is 0 Å². The van der Waals surface area contributed by atoms with Gasteiger partial charge in [-0.2, -0.15) is 0 Å². The Morgan fingerprint density at radius 1 is 1.00 bits per heavy atom. The molecule has 0 aliphatic rings. The maximum absolute atomic E-state index is 13.3. The third-order valence-corrected chi connectivity index (χ3v) is 3.79. The van der Waals surface area contributed by atoms with Crippen LogP contribution in [0.25, 0.3) is 0 Å². The van der Waals surface area contributed by atoms with Crippen molar-refractivity contribution in [1.82, 2.24) is 4.98 Å². The van der Waals surface area contributed by atoms with Crippen LogP contribution >= 0.6 is 0 Å². The second-order valence-electron chi connectivity index (χ2n) is 5.67. The minimum absolute atomic E-state index is 0.117. The highest BCUT2D eigenvalue weighted by molar-refractivity contribution is 6.04. The standard InChI is InChI=1S/C20H15F2N3O3/c1-28-20(27)14-4-2-3-5-17(14)25-18-10-12(8-9-23-18)19(26)24-13-6-7-15(21)16(22)11-13/h2-11H,1H3,(H,23,25)(H,24,26). The number of anilines is 3. The molecule has 28 heavy (non-hydrogen) atoms. The maximum atomic E-state index is 13.3. The second kappa shape index (κ2) is 8.26. The Labute approximate surface area is 159 Å². The summed E-state index contributed by atoms with van der Waals surface area (Å²) in [5, 5.41) is 5.44. The van der Waals surface area contributed by atoms with Gasteiger partial charge in [-0.3, -0.25) is 4.79 Å². The third-order valence-electron chi connectivity index (χ3n) is 3.79. The molecular formula is C20H15F2N3O3. The van der Waals surface area contributed by atoms with Crippen LogP contribution in [0.5, 0.6) is 0 Å². The summed E-state index contributed by atoms with van der Waals surface area (Å²) in [6, 6.07) is 12.7. The number of pyridine rings is 1. The largest absolute Gasteiger partial charge is 0.465 e. The molecule has 142 valence electrons. The van der Waals surface area contributed by atoms with Crippen molar-refractivity contribution in [1.29, 1.82) is 0 Å². The van der Waals surface area contributed by atoms with E-state index in [-0.39, 0.29) is 11.3 Å². The van der Waals surface area contributed by atoms with Gasteiger partial charge in [0, 0.05) is 23.5 Å². The topological polar surface area (TPSA) is 80.3 Å². The van der Waals surface area contributed by atoms with Crippen LogP contribution in [0.15, 0.2) is 60.8 Å². The fraction of sp³-hybridized carbons (Fsp3) is 0.0500. The first-order chi connectivity index (χ1) is 13.5. The van der Waals surface area contributed by atoms with E-state index in [4.69, 9.17) is 4.74 Å². The Balaban J connectivity index is 1.80. The van der Waals surface area contributed by atoms with E-state index >= 15 is 0 Å². The molecule has 1 heterocycles. The summed E-state index contributed by atoms with van der Waals surface area (Å²) in [5.41, 5.74) is 1.12. The molecule has 0 fully saturated rings. The van der Waals surface area contributed by atoms with E-state index < -0.39 is 23.5 Å².